The summed E-state index contributed by atoms with van der Waals surface area (Å²) >= 11 is 0. The third-order valence-electron chi connectivity index (χ3n) is 4.67. The van der Waals surface area contributed by atoms with Gasteiger partial charge in [-0.05, 0) is 48.8 Å². The minimum absolute atomic E-state index is 0.279. The van der Waals surface area contributed by atoms with E-state index >= 15 is 0 Å². The Morgan fingerprint density at radius 1 is 1.20 bits per heavy atom. The molecule has 1 aliphatic rings. The summed E-state index contributed by atoms with van der Waals surface area (Å²) in [5, 5.41) is 0.279. The summed E-state index contributed by atoms with van der Waals surface area (Å²) in [6.07, 6.45) is 1.49. The van der Waals surface area contributed by atoms with Crippen molar-refractivity contribution < 1.29 is 4.43 Å². The number of anilines is 2. The summed E-state index contributed by atoms with van der Waals surface area (Å²) in [6.45, 7) is 13.6. The van der Waals surface area contributed by atoms with E-state index in [1.54, 1.807) is 0 Å². The molecule has 1 aliphatic heterocycles. The Hall–Kier alpha value is -1.00. The average Bonchev–Trinajstić information content (AvgIpc) is 2.76. The van der Waals surface area contributed by atoms with Gasteiger partial charge in [-0.3, -0.25) is 0 Å². The predicted octanol–water partition coefficient (Wildman–Crippen LogP) is 3.87. The summed E-state index contributed by atoms with van der Waals surface area (Å²) in [7, 11) is -1.66. The average molecular weight is 292 g/mol. The zero-order chi connectivity index (χ0) is 15.0. The smallest absolute Gasteiger partial charge is 0.192 e. The topological polar surface area (TPSA) is 38.5 Å². The first-order valence-electron chi connectivity index (χ1n) is 7.47. The minimum atomic E-state index is -1.66. The van der Waals surface area contributed by atoms with Gasteiger partial charge in [-0.25, -0.2) is 0 Å². The largest absolute Gasteiger partial charge is 0.412 e. The molecule has 0 aliphatic carbocycles. The molecule has 1 atom stereocenters. The number of benzene rings is 1. The van der Waals surface area contributed by atoms with Crippen molar-refractivity contribution in [1.82, 2.24) is 0 Å². The molecule has 2 rings (SSSR count). The van der Waals surface area contributed by atoms with Gasteiger partial charge in [0.1, 0.15) is 0 Å². The van der Waals surface area contributed by atoms with Crippen molar-refractivity contribution in [2.45, 2.75) is 51.4 Å². The minimum Gasteiger partial charge on any atom is -0.412 e. The number of hydrogen-bond donors (Lipinski definition) is 1. The maximum atomic E-state index is 6.51. The van der Waals surface area contributed by atoms with Crippen LogP contribution in [0.2, 0.25) is 18.1 Å². The van der Waals surface area contributed by atoms with Crippen LogP contribution in [-0.2, 0) is 4.43 Å². The molecule has 1 fully saturated rings. The van der Waals surface area contributed by atoms with Crippen molar-refractivity contribution in [3.8, 4) is 0 Å². The highest BCUT2D eigenvalue weighted by Crippen LogP contribution is 2.38. The zero-order valence-corrected chi connectivity index (χ0v) is 14.4. The molecule has 112 valence electrons. The second-order valence-corrected chi connectivity index (χ2v) is 12.1. The highest BCUT2D eigenvalue weighted by molar-refractivity contribution is 6.74. The van der Waals surface area contributed by atoms with Gasteiger partial charge in [0.15, 0.2) is 8.32 Å². The molecule has 1 aromatic carbocycles. The van der Waals surface area contributed by atoms with Gasteiger partial charge in [0.2, 0.25) is 0 Å². The normalized spacial score (nSPS) is 20.4. The van der Waals surface area contributed by atoms with Crippen LogP contribution in [0.25, 0.3) is 0 Å². The van der Waals surface area contributed by atoms with E-state index in [1.165, 1.54) is 5.69 Å². The van der Waals surface area contributed by atoms with Crippen LogP contribution < -0.4 is 10.6 Å². The van der Waals surface area contributed by atoms with Crippen LogP contribution in [0.1, 0.15) is 27.2 Å². The van der Waals surface area contributed by atoms with Crippen LogP contribution in [0.15, 0.2) is 24.3 Å². The fourth-order valence-corrected chi connectivity index (χ4v) is 3.72. The lowest BCUT2D eigenvalue weighted by atomic mass is 10.2. The lowest BCUT2D eigenvalue weighted by molar-refractivity contribution is 0.202. The van der Waals surface area contributed by atoms with E-state index in [1.807, 2.05) is 12.1 Å². The quantitative estimate of drug-likeness (QED) is 0.679. The molecule has 0 amide bonds. The molecule has 1 aromatic rings. The first-order valence-corrected chi connectivity index (χ1v) is 10.4. The van der Waals surface area contributed by atoms with E-state index in [0.29, 0.717) is 6.10 Å². The molecule has 0 bridgehead atoms. The van der Waals surface area contributed by atoms with Crippen molar-refractivity contribution in [3.63, 3.8) is 0 Å². The van der Waals surface area contributed by atoms with E-state index in [-0.39, 0.29) is 5.04 Å². The van der Waals surface area contributed by atoms with Crippen LogP contribution >= 0.6 is 0 Å². The van der Waals surface area contributed by atoms with Crippen molar-refractivity contribution in [1.29, 1.82) is 0 Å². The second-order valence-electron chi connectivity index (χ2n) is 7.33. The summed E-state index contributed by atoms with van der Waals surface area (Å²) in [4.78, 5) is 2.40. The summed E-state index contributed by atoms with van der Waals surface area (Å²) in [5.41, 5.74) is 7.82. The third-order valence-corrected chi connectivity index (χ3v) is 9.21. The maximum absolute atomic E-state index is 6.51. The number of rotatable bonds is 3. The van der Waals surface area contributed by atoms with E-state index in [9.17, 15) is 0 Å². The van der Waals surface area contributed by atoms with Crippen molar-refractivity contribution in [2.24, 2.45) is 0 Å². The van der Waals surface area contributed by atoms with Gasteiger partial charge < -0.3 is 15.1 Å². The molecular weight excluding hydrogens is 264 g/mol. The number of nitrogens with zero attached hydrogens (tertiary/aromatic N) is 1. The lowest BCUT2D eigenvalue weighted by Crippen LogP contribution is -2.44. The fourth-order valence-electron chi connectivity index (χ4n) is 2.34. The highest BCUT2D eigenvalue weighted by atomic mass is 28.4. The lowest BCUT2D eigenvalue weighted by Gasteiger charge is -2.38. The molecule has 0 saturated carbocycles. The Kier molecular flexibility index (Phi) is 4.16. The van der Waals surface area contributed by atoms with Crippen LogP contribution in [0.4, 0.5) is 11.4 Å². The Bertz CT molecular complexity index is 451. The zero-order valence-electron chi connectivity index (χ0n) is 13.4. The van der Waals surface area contributed by atoms with Gasteiger partial charge in [-0.1, -0.05) is 20.8 Å². The monoisotopic (exact) mass is 292 g/mol. The van der Waals surface area contributed by atoms with E-state index in [0.717, 1.165) is 25.2 Å². The molecule has 0 aromatic heterocycles. The fraction of sp³-hybridized carbons (Fsp3) is 0.625. The Balaban J connectivity index is 1.98. The van der Waals surface area contributed by atoms with Crippen LogP contribution in [0, 0.1) is 0 Å². The predicted molar refractivity (Wildman–Crippen MR) is 89.8 cm³/mol. The third kappa shape index (κ3) is 3.36. The number of nitrogens with two attached hydrogens (primary N) is 1. The summed E-state index contributed by atoms with van der Waals surface area (Å²) in [5.74, 6) is 0. The van der Waals surface area contributed by atoms with Crippen molar-refractivity contribution in [2.75, 3.05) is 23.7 Å². The van der Waals surface area contributed by atoms with Crippen LogP contribution in [-0.4, -0.2) is 27.5 Å². The Labute approximate surface area is 124 Å². The molecule has 20 heavy (non-hydrogen) atoms. The van der Waals surface area contributed by atoms with Gasteiger partial charge in [0, 0.05) is 24.5 Å². The van der Waals surface area contributed by atoms with E-state index in [2.05, 4.69) is 50.9 Å². The van der Waals surface area contributed by atoms with Crippen molar-refractivity contribution >= 4 is 19.7 Å². The number of hydrogen-bond acceptors (Lipinski definition) is 3. The number of nitrogen functional groups attached to an aromatic ring is 1. The second kappa shape index (κ2) is 5.41. The highest BCUT2D eigenvalue weighted by Gasteiger charge is 2.40. The van der Waals surface area contributed by atoms with E-state index in [4.69, 9.17) is 10.2 Å². The molecule has 1 heterocycles. The molecular formula is C16H28N2OSi. The van der Waals surface area contributed by atoms with Gasteiger partial charge in [0.05, 0.1) is 6.10 Å². The molecule has 3 nitrogen and oxygen atoms in total. The Morgan fingerprint density at radius 2 is 1.80 bits per heavy atom. The first-order chi connectivity index (χ1) is 9.19. The van der Waals surface area contributed by atoms with Gasteiger partial charge in [-0.2, -0.15) is 0 Å². The Morgan fingerprint density at radius 3 is 2.35 bits per heavy atom. The van der Waals surface area contributed by atoms with Gasteiger partial charge in [0.25, 0.3) is 0 Å². The SMILES string of the molecule is CC(C)(C)[Si](C)(C)O[C@@H]1CCN(c2ccc(N)cc2)C1. The molecule has 0 radical (unpaired) electrons. The summed E-state index contributed by atoms with van der Waals surface area (Å²) in [6, 6.07) is 8.14. The molecule has 2 N–H and O–H groups in total. The molecule has 1 saturated heterocycles. The molecule has 0 spiro atoms. The van der Waals surface area contributed by atoms with E-state index < -0.39 is 8.32 Å². The van der Waals surface area contributed by atoms with Crippen LogP contribution in [0.5, 0.6) is 0 Å². The van der Waals surface area contributed by atoms with Gasteiger partial charge >= 0.3 is 0 Å². The summed E-state index contributed by atoms with van der Waals surface area (Å²) < 4.78 is 6.51. The first kappa shape index (κ1) is 15.4. The van der Waals surface area contributed by atoms with Crippen molar-refractivity contribution in [3.05, 3.63) is 24.3 Å². The standard InChI is InChI=1S/C16H28N2OSi/c1-16(2,3)20(4,5)19-15-10-11-18(12-15)14-8-6-13(17)7-9-14/h6-9,15H,10-12,17H2,1-5H3/t15-/m1/s1. The van der Waals surface area contributed by atoms with Gasteiger partial charge in [-0.15, -0.1) is 0 Å². The molecule has 0 unspecified atom stereocenters. The molecule has 4 heteroatoms. The maximum Gasteiger partial charge on any atom is 0.192 e. The van der Waals surface area contributed by atoms with Crippen LogP contribution in [0.3, 0.4) is 0 Å².